The highest BCUT2D eigenvalue weighted by Crippen LogP contribution is 2.40. The molecule has 0 bridgehead atoms. The molecule has 0 saturated carbocycles. The monoisotopic (exact) mass is 339 g/mol. The molecule has 1 aliphatic heterocycles. The van der Waals surface area contributed by atoms with Crippen LogP contribution in [0.15, 0.2) is 30.9 Å². The molecule has 1 aliphatic rings. The van der Waals surface area contributed by atoms with Crippen LogP contribution in [0, 0.1) is 0 Å². The summed E-state index contributed by atoms with van der Waals surface area (Å²) >= 11 is 12.3. The molecule has 0 fully saturated rings. The van der Waals surface area contributed by atoms with Gasteiger partial charge in [0.15, 0.2) is 0 Å². The molecule has 0 saturated heterocycles. The first-order valence-corrected chi connectivity index (χ1v) is 7.76. The maximum Gasteiger partial charge on any atom is 0.240 e. The number of halogens is 2. The van der Waals surface area contributed by atoms with Crippen molar-refractivity contribution in [3.05, 3.63) is 46.5 Å². The molecule has 2 heterocycles. The minimum Gasteiger partial charge on any atom is -0.492 e. The summed E-state index contributed by atoms with van der Waals surface area (Å²) in [5.41, 5.74) is 0.867. The Morgan fingerprint density at radius 2 is 2.32 bits per heavy atom. The minimum absolute atomic E-state index is 0.0816. The van der Waals surface area contributed by atoms with E-state index in [9.17, 15) is 4.79 Å². The molecule has 1 atom stereocenters. The number of nitrogens with zero attached hydrogens (tertiary/aromatic N) is 2. The summed E-state index contributed by atoms with van der Waals surface area (Å²) in [6.07, 6.45) is 6.63. The third-order valence-electron chi connectivity index (χ3n) is 3.56. The molecule has 2 aromatic rings. The van der Waals surface area contributed by atoms with Crippen molar-refractivity contribution in [2.45, 2.75) is 25.4 Å². The predicted octanol–water partition coefficient (Wildman–Crippen LogP) is 3.22. The lowest BCUT2D eigenvalue weighted by atomic mass is 10.0. The van der Waals surface area contributed by atoms with Gasteiger partial charge in [0.05, 0.1) is 24.0 Å². The summed E-state index contributed by atoms with van der Waals surface area (Å²) < 4.78 is 7.42. The number of fused-ring (bicyclic) bond motifs is 1. The fourth-order valence-corrected chi connectivity index (χ4v) is 2.90. The topological polar surface area (TPSA) is 56.2 Å². The van der Waals surface area contributed by atoms with Gasteiger partial charge in [-0.3, -0.25) is 4.79 Å². The van der Waals surface area contributed by atoms with E-state index in [1.807, 2.05) is 6.07 Å². The third kappa shape index (κ3) is 3.20. The molecule has 116 valence electrons. The quantitative estimate of drug-likeness (QED) is 0.933. The van der Waals surface area contributed by atoms with Gasteiger partial charge >= 0.3 is 0 Å². The van der Waals surface area contributed by atoms with Gasteiger partial charge in [-0.2, -0.15) is 0 Å². The smallest absolute Gasteiger partial charge is 0.240 e. The molecular weight excluding hydrogens is 325 g/mol. The first-order valence-electron chi connectivity index (χ1n) is 7.01. The van der Waals surface area contributed by atoms with Gasteiger partial charge in [0.1, 0.15) is 17.3 Å². The van der Waals surface area contributed by atoms with Crippen LogP contribution in [0.5, 0.6) is 5.75 Å². The second kappa shape index (κ2) is 6.58. The van der Waals surface area contributed by atoms with Crippen molar-refractivity contribution in [2.75, 3.05) is 6.61 Å². The third-order valence-corrected chi connectivity index (χ3v) is 4.35. The number of rotatable bonds is 3. The van der Waals surface area contributed by atoms with Gasteiger partial charge in [0, 0.05) is 18.0 Å². The number of carbonyl (C=O) groups is 1. The van der Waals surface area contributed by atoms with Crippen molar-refractivity contribution >= 4 is 29.1 Å². The normalized spacial score (nSPS) is 17.3. The Morgan fingerprint density at radius 3 is 3.09 bits per heavy atom. The Hall–Kier alpha value is -1.72. The van der Waals surface area contributed by atoms with Crippen molar-refractivity contribution in [3.63, 3.8) is 0 Å². The second-order valence-corrected chi connectivity index (χ2v) is 5.91. The number of nitrogens with one attached hydrogen (secondary N) is 1. The van der Waals surface area contributed by atoms with Crippen molar-refractivity contribution in [2.24, 2.45) is 0 Å². The number of amides is 1. The Balaban J connectivity index is 1.80. The average molecular weight is 340 g/mol. The van der Waals surface area contributed by atoms with Gasteiger partial charge in [-0.15, -0.1) is 0 Å². The molecule has 1 aromatic carbocycles. The van der Waals surface area contributed by atoms with Crippen LogP contribution in [0.4, 0.5) is 0 Å². The summed E-state index contributed by atoms with van der Waals surface area (Å²) in [6.45, 7) is 0.787. The van der Waals surface area contributed by atoms with Crippen LogP contribution >= 0.6 is 23.2 Å². The Labute approximate surface area is 138 Å². The zero-order valence-electron chi connectivity index (χ0n) is 11.8. The van der Waals surface area contributed by atoms with E-state index >= 15 is 0 Å². The van der Waals surface area contributed by atoms with Crippen LogP contribution in [0.25, 0.3) is 0 Å². The molecule has 5 nitrogen and oxygen atoms in total. The van der Waals surface area contributed by atoms with Gasteiger partial charge in [-0.05, 0) is 18.9 Å². The summed E-state index contributed by atoms with van der Waals surface area (Å²) in [6, 6.07) is 3.45. The Morgan fingerprint density at radius 1 is 1.45 bits per heavy atom. The molecule has 3 rings (SSSR count). The highest BCUT2D eigenvalue weighted by Gasteiger charge is 2.24. The van der Waals surface area contributed by atoms with E-state index in [1.165, 1.54) is 0 Å². The number of aromatic nitrogens is 2. The maximum absolute atomic E-state index is 12.2. The van der Waals surface area contributed by atoms with E-state index in [0.717, 1.165) is 18.4 Å². The first kappa shape index (κ1) is 15.2. The molecule has 0 radical (unpaired) electrons. The molecule has 1 unspecified atom stereocenters. The van der Waals surface area contributed by atoms with Gasteiger partial charge < -0.3 is 14.6 Å². The van der Waals surface area contributed by atoms with Crippen LogP contribution in [0.2, 0.25) is 10.0 Å². The maximum atomic E-state index is 12.2. The number of hydrogen-bond donors (Lipinski definition) is 1. The lowest BCUT2D eigenvalue weighted by Crippen LogP contribution is -2.31. The fourth-order valence-electron chi connectivity index (χ4n) is 2.52. The number of carbonyl (C=O) groups excluding carboxylic acids is 1. The molecule has 22 heavy (non-hydrogen) atoms. The molecule has 0 spiro atoms. The molecule has 7 heteroatoms. The van der Waals surface area contributed by atoms with Crippen LogP contribution in [-0.4, -0.2) is 22.1 Å². The summed E-state index contributed by atoms with van der Waals surface area (Å²) in [7, 11) is 0. The highest BCUT2D eigenvalue weighted by molar-refractivity contribution is 6.43. The first-order chi connectivity index (χ1) is 10.6. The Bertz CT molecular complexity index is 674. The number of benzene rings is 1. The zero-order valence-corrected chi connectivity index (χ0v) is 13.3. The second-order valence-electron chi connectivity index (χ2n) is 5.13. The van der Waals surface area contributed by atoms with Gasteiger partial charge in [-0.1, -0.05) is 29.3 Å². The number of ether oxygens (including phenoxy) is 1. The lowest BCUT2D eigenvalue weighted by Gasteiger charge is -2.19. The zero-order chi connectivity index (χ0) is 15.5. The number of imidazole rings is 1. The predicted molar refractivity (Wildman–Crippen MR) is 84.3 cm³/mol. The van der Waals surface area contributed by atoms with E-state index in [2.05, 4.69) is 10.3 Å². The van der Waals surface area contributed by atoms with E-state index in [1.54, 1.807) is 29.4 Å². The number of hydrogen-bond acceptors (Lipinski definition) is 3. The van der Waals surface area contributed by atoms with Crippen molar-refractivity contribution < 1.29 is 9.53 Å². The minimum atomic E-state index is -0.136. The highest BCUT2D eigenvalue weighted by atomic mass is 35.5. The molecule has 1 amide bonds. The average Bonchev–Trinajstić information content (AvgIpc) is 2.91. The molecular formula is C15H15Cl2N3O2. The largest absolute Gasteiger partial charge is 0.492 e. The molecule has 1 N–H and O–H groups in total. The lowest BCUT2D eigenvalue weighted by molar-refractivity contribution is -0.122. The summed E-state index contributed by atoms with van der Waals surface area (Å²) in [5, 5.41) is 3.88. The van der Waals surface area contributed by atoms with Crippen LogP contribution < -0.4 is 10.1 Å². The van der Waals surface area contributed by atoms with Gasteiger partial charge in [0.25, 0.3) is 0 Å². The summed E-state index contributed by atoms with van der Waals surface area (Å²) in [5.74, 6) is 0.488. The standard InChI is InChI=1S/C15H15Cl2N3O2/c16-11-4-3-10-12(2-1-7-22-15(10)14(11)17)19-13(21)8-20-6-5-18-9-20/h3-6,9,12H,1-2,7-8H2,(H,19,21). The van der Waals surface area contributed by atoms with E-state index < -0.39 is 0 Å². The Kier molecular flexibility index (Phi) is 4.55. The molecule has 0 aliphatic carbocycles. The molecule has 1 aromatic heterocycles. The van der Waals surface area contributed by atoms with Crippen LogP contribution in [0.3, 0.4) is 0 Å². The van der Waals surface area contributed by atoms with Crippen LogP contribution in [0.1, 0.15) is 24.4 Å². The van der Waals surface area contributed by atoms with Gasteiger partial charge in [-0.25, -0.2) is 4.98 Å². The van der Waals surface area contributed by atoms with Crippen LogP contribution in [-0.2, 0) is 11.3 Å². The van der Waals surface area contributed by atoms with Gasteiger partial charge in [0.2, 0.25) is 5.91 Å². The fraction of sp³-hybridized carbons (Fsp3) is 0.333. The van der Waals surface area contributed by atoms with Crippen molar-refractivity contribution in [3.8, 4) is 5.75 Å². The van der Waals surface area contributed by atoms with E-state index in [0.29, 0.717) is 22.4 Å². The van der Waals surface area contributed by atoms with Crippen molar-refractivity contribution in [1.82, 2.24) is 14.9 Å². The summed E-state index contributed by atoms with van der Waals surface area (Å²) in [4.78, 5) is 16.1. The SMILES string of the molecule is O=C(Cn1ccnc1)NC1CCCOc2c1ccc(Cl)c2Cl. The van der Waals surface area contributed by atoms with E-state index in [-0.39, 0.29) is 18.5 Å². The van der Waals surface area contributed by atoms with E-state index in [4.69, 9.17) is 27.9 Å². The van der Waals surface area contributed by atoms with Crippen molar-refractivity contribution in [1.29, 1.82) is 0 Å².